The molecule has 1 saturated carbocycles. The molecule has 0 saturated heterocycles. The molecule has 0 radical (unpaired) electrons. The molecule has 0 aromatic heterocycles. The zero-order chi connectivity index (χ0) is 16.0. The number of amidine groups is 1. The van der Waals surface area contributed by atoms with Gasteiger partial charge in [0, 0.05) is 11.5 Å². The Morgan fingerprint density at radius 3 is 2.38 bits per heavy atom. The van der Waals surface area contributed by atoms with E-state index in [0.717, 1.165) is 0 Å². The van der Waals surface area contributed by atoms with Crippen molar-refractivity contribution in [2.75, 3.05) is 5.32 Å². The van der Waals surface area contributed by atoms with Gasteiger partial charge in [0.2, 0.25) is 5.91 Å². The van der Waals surface area contributed by atoms with Crippen LogP contribution in [0.15, 0.2) is 23.4 Å². The first-order chi connectivity index (χ1) is 9.62. The summed E-state index contributed by atoms with van der Waals surface area (Å²) in [5.74, 6) is -0.175. The van der Waals surface area contributed by atoms with Gasteiger partial charge in [-0.25, -0.2) is 0 Å². The zero-order valence-electron chi connectivity index (χ0n) is 12.6. The molecule has 1 aliphatic rings. The molecule has 0 unspecified atom stereocenters. The summed E-state index contributed by atoms with van der Waals surface area (Å²) in [4.78, 5) is 12.4. The SMILES string of the molecule is CC1(C)C(C(=O)Nc2cc(/C(N)=N/O)ccc2Cl)C1(C)C. The average Bonchev–Trinajstić information content (AvgIpc) is 2.81. The van der Waals surface area contributed by atoms with Crippen LogP contribution in [0.2, 0.25) is 5.02 Å². The third-order valence-corrected chi connectivity index (χ3v) is 5.24. The Balaban J connectivity index is 2.23. The summed E-state index contributed by atoms with van der Waals surface area (Å²) in [6.07, 6.45) is 0. The van der Waals surface area contributed by atoms with Crippen LogP contribution in [0.4, 0.5) is 5.69 Å². The topological polar surface area (TPSA) is 87.7 Å². The molecule has 1 fully saturated rings. The van der Waals surface area contributed by atoms with E-state index in [2.05, 4.69) is 38.2 Å². The van der Waals surface area contributed by atoms with Crippen molar-refractivity contribution in [3.05, 3.63) is 28.8 Å². The van der Waals surface area contributed by atoms with Crippen molar-refractivity contribution in [2.24, 2.45) is 27.6 Å². The Kier molecular flexibility index (Phi) is 3.66. The van der Waals surface area contributed by atoms with E-state index in [0.29, 0.717) is 16.3 Å². The fourth-order valence-electron chi connectivity index (χ4n) is 2.89. The van der Waals surface area contributed by atoms with Crippen LogP contribution >= 0.6 is 11.6 Å². The number of amides is 1. The average molecular weight is 310 g/mol. The molecule has 1 aromatic rings. The lowest BCUT2D eigenvalue weighted by atomic mass is 10.0. The van der Waals surface area contributed by atoms with Gasteiger partial charge in [0.05, 0.1) is 10.7 Å². The third kappa shape index (κ3) is 2.46. The van der Waals surface area contributed by atoms with Gasteiger partial charge in [0.1, 0.15) is 0 Å². The molecule has 1 amide bonds. The molecule has 1 aliphatic carbocycles. The maximum atomic E-state index is 12.4. The van der Waals surface area contributed by atoms with Gasteiger partial charge in [-0.2, -0.15) is 0 Å². The van der Waals surface area contributed by atoms with Gasteiger partial charge in [0.25, 0.3) is 0 Å². The molecule has 1 aromatic carbocycles. The smallest absolute Gasteiger partial charge is 0.228 e. The maximum Gasteiger partial charge on any atom is 0.228 e. The lowest BCUT2D eigenvalue weighted by molar-refractivity contribution is -0.118. The van der Waals surface area contributed by atoms with Crippen molar-refractivity contribution in [2.45, 2.75) is 27.7 Å². The first-order valence-corrected chi connectivity index (χ1v) is 7.09. The molecule has 21 heavy (non-hydrogen) atoms. The summed E-state index contributed by atoms with van der Waals surface area (Å²) in [5.41, 5.74) is 6.40. The quantitative estimate of drug-likeness (QED) is 0.347. The van der Waals surface area contributed by atoms with Crippen molar-refractivity contribution in [1.82, 2.24) is 0 Å². The van der Waals surface area contributed by atoms with Crippen LogP contribution in [-0.4, -0.2) is 17.0 Å². The molecular weight excluding hydrogens is 290 g/mol. The minimum absolute atomic E-state index is 0.0331. The summed E-state index contributed by atoms with van der Waals surface area (Å²) < 4.78 is 0. The lowest BCUT2D eigenvalue weighted by Crippen LogP contribution is -2.19. The van der Waals surface area contributed by atoms with Crippen LogP contribution < -0.4 is 11.1 Å². The molecule has 0 atom stereocenters. The predicted molar refractivity (Wildman–Crippen MR) is 83.6 cm³/mol. The normalized spacial score (nSPS) is 20.1. The molecule has 114 valence electrons. The number of benzene rings is 1. The van der Waals surface area contributed by atoms with E-state index in [1.54, 1.807) is 18.2 Å². The predicted octanol–water partition coefficient (Wildman–Crippen LogP) is 3.06. The Labute approximate surface area is 129 Å². The van der Waals surface area contributed by atoms with E-state index in [9.17, 15) is 4.79 Å². The number of carbonyl (C=O) groups is 1. The fraction of sp³-hybridized carbons (Fsp3) is 0.467. The number of nitrogens with zero attached hydrogens (tertiary/aromatic N) is 1. The first-order valence-electron chi connectivity index (χ1n) is 6.71. The zero-order valence-corrected chi connectivity index (χ0v) is 13.3. The Hall–Kier alpha value is -1.75. The van der Waals surface area contributed by atoms with Gasteiger partial charge in [0.15, 0.2) is 5.84 Å². The second-order valence-corrected chi connectivity index (χ2v) is 6.95. The molecule has 5 nitrogen and oxygen atoms in total. The fourth-order valence-corrected chi connectivity index (χ4v) is 3.06. The molecule has 0 spiro atoms. The van der Waals surface area contributed by atoms with Gasteiger partial charge < -0.3 is 16.3 Å². The van der Waals surface area contributed by atoms with Gasteiger partial charge >= 0.3 is 0 Å². The number of hydrogen-bond acceptors (Lipinski definition) is 3. The number of halogens is 1. The van der Waals surface area contributed by atoms with Gasteiger partial charge in [-0.15, -0.1) is 0 Å². The molecule has 0 bridgehead atoms. The van der Waals surface area contributed by atoms with E-state index in [4.69, 9.17) is 22.5 Å². The number of oxime groups is 1. The molecular formula is C15H20ClN3O2. The second kappa shape index (κ2) is 4.91. The van der Waals surface area contributed by atoms with Crippen LogP contribution in [0.1, 0.15) is 33.3 Å². The van der Waals surface area contributed by atoms with Crippen LogP contribution in [0.3, 0.4) is 0 Å². The van der Waals surface area contributed by atoms with Crippen LogP contribution in [0.5, 0.6) is 0 Å². The number of nitrogens with two attached hydrogens (primary N) is 1. The van der Waals surface area contributed by atoms with Crippen molar-refractivity contribution in [3.63, 3.8) is 0 Å². The number of hydrogen-bond donors (Lipinski definition) is 3. The lowest BCUT2D eigenvalue weighted by Gasteiger charge is -2.10. The van der Waals surface area contributed by atoms with Crippen molar-refractivity contribution in [3.8, 4) is 0 Å². The number of nitrogens with one attached hydrogen (secondary N) is 1. The second-order valence-electron chi connectivity index (χ2n) is 6.55. The maximum absolute atomic E-state index is 12.4. The highest BCUT2D eigenvalue weighted by molar-refractivity contribution is 6.34. The van der Waals surface area contributed by atoms with Gasteiger partial charge in [-0.1, -0.05) is 44.5 Å². The van der Waals surface area contributed by atoms with Crippen molar-refractivity contribution >= 4 is 29.0 Å². The van der Waals surface area contributed by atoms with Gasteiger partial charge in [-0.05, 0) is 29.0 Å². The Morgan fingerprint density at radius 1 is 1.33 bits per heavy atom. The molecule has 4 N–H and O–H groups in total. The Morgan fingerprint density at radius 2 is 1.90 bits per heavy atom. The molecule has 0 aliphatic heterocycles. The van der Waals surface area contributed by atoms with Crippen LogP contribution in [0, 0.1) is 16.7 Å². The van der Waals surface area contributed by atoms with E-state index in [-0.39, 0.29) is 28.5 Å². The van der Waals surface area contributed by atoms with E-state index in [1.165, 1.54) is 0 Å². The van der Waals surface area contributed by atoms with E-state index >= 15 is 0 Å². The molecule has 6 heteroatoms. The largest absolute Gasteiger partial charge is 0.409 e. The molecule has 2 rings (SSSR count). The summed E-state index contributed by atoms with van der Waals surface area (Å²) in [6.45, 7) is 8.30. The minimum Gasteiger partial charge on any atom is -0.409 e. The highest BCUT2D eigenvalue weighted by Gasteiger charge is 2.68. The summed E-state index contributed by atoms with van der Waals surface area (Å²) in [6, 6.07) is 4.82. The van der Waals surface area contributed by atoms with Gasteiger partial charge in [-0.3, -0.25) is 4.79 Å². The number of anilines is 1. The van der Waals surface area contributed by atoms with E-state index in [1.807, 2.05) is 0 Å². The van der Waals surface area contributed by atoms with Crippen molar-refractivity contribution < 1.29 is 10.0 Å². The number of rotatable bonds is 3. The Bertz CT molecular complexity index is 609. The highest BCUT2D eigenvalue weighted by atomic mass is 35.5. The monoisotopic (exact) mass is 309 g/mol. The summed E-state index contributed by atoms with van der Waals surface area (Å²) in [7, 11) is 0. The summed E-state index contributed by atoms with van der Waals surface area (Å²) >= 11 is 6.10. The third-order valence-electron chi connectivity index (χ3n) is 4.91. The summed E-state index contributed by atoms with van der Waals surface area (Å²) in [5, 5.41) is 14.9. The van der Waals surface area contributed by atoms with Crippen molar-refractivity contribution in [1.29, 1.82) is 0 Å². The van der Waals surface area contributed by atoms with E-state index < -0.39 is 0 Å². The first kappa shape index (κ1) is 15.6. The highest BCUT2D eigenvalue weighted by Crippen LogP contribution is 2.68. The minimum atomic E-state index is -0.0754. The van der Waals surface area contributed by atoms with Crippen LogP contribution in [-0.2, 0) is 4.79 Å². The molecule has 0 heterocycles. The number of carbonyl (C=O) groups excluding carboxylic acids is 1. The standard InChI is InChI=1S/C15H20ClN3O2/c1-14(2)11(15(14,3)4)13(20)18-10-7-8(12(17)19-21)5-6-9(10)16/h5-7,11,21H,1-4H3,(H2,17,19)(H,18,20). The van der Waals surface area contributed by atoms with Crippen LogP contribution in [0.25, 0.3) is 0 Å².